The van der Waals surface area contributed by atoms with Crippen molar-refractivity contribution in [3.8, 4) is 0 Å². The van der Waals surface area contributed by atoms with Gasteiger partial charge in [0.25, 0.3) is 0 Å². The van der Waals surface area contributed by atoms with E-state index in [0.717, 1.165) is 30.9 Å². The van der Waals surface area contributed by atoms with Crippen LogP contribution in [-0.2, 0) is 16.6 Å². The van der Waals surface area contributed by atoms with Crippen LogP contribution in [0.25, 0.3) is 0 Å². The SMILES string of the molecule is Clc1cccc(CCCCC[C@@]2(c3ccccn3)CCOC3(CCCC3)C2)c1. The lowest BCUT2D eigenvalue weighted by molar-refractivity contribution is -0.104. The summed E-state index contributed by atoms with van der Waals surface area (Å²) in [5.74, 6) is 0. The number of pyridine rings is 1. The van der Waals surface area contributed by atoms with Crippen molar-refractivity contribution in [3.05, 3.63) is 64.9 Å². The van der Waals surface area contributed by atoms with Gasteiger partial charge in [0, 0.05) is 28.9 Å². The molecule has 1 atom stereocenters. The molecule has 2 nitrogen and oxygen atoms in total. The Hall–Kier alpha value is -1.38. The summed E-state index contributed by atoms with van der Waals surface area (Å²) < 4.78 is 6.36. The highest BCUT2D eigenvalue weighted by atomic mass is 35.5. The molecular weight excluding hydrogens is 366 g/mol. The van der Waals surface area contributed by atoms with Crippen LogP contribution in [0.2, 0.25) is 5.02 Å². The van der Waals surface area contributed by atoms with Gasteiger partial charge in [-0.2, -0.15) is 0 Å². The first-order valence-electron chi connectivity index (χ1n) is 11.0. The Morgan fingerprint density at radius 3 is 2.64 bits per heavy atom. The van der Waals surface area contributed by atoms with E-state index in [-0.39, 0.29) is 11.0 Å². The monoisotopic (exact) mass is 397 g/mol. The Kier molecular flexibility index (Phi) is 6.38. The van der Waals surface area contributed by atoms with Crippen LogP contribution in [0.15, 0.2) is 48.7 Å². The number of unbranched alkanes of at least 4 members (excludes halogenated alkanes) is 2. The van der Waals surface area contributed by atoms with Crippen molar-refractivity contribution >= 4 is 11.6 Å². The fourth-order valence-corrected chi connectivity index (χ4v) is 5.67. The molecule has 1 saturated carbocycles. The number of nitrogens with zero attached hydrogens (tertiary/aromatic N) is 1. The van der Waals surface area contributed by atoms with Crippen molar-refractivity contribution in [1.29, 1.82) is 0 Å². The molecule has 0 radical (unpaired) electrons. The van der Waals surface area contributed by atoms with Gasteiger partial charge in [-0.15, -0.1) is 0 Å². The Morgan fingerprint density at radius 1 is 0.964 bits per heavy atom. The highest BCUT2D eigenvalue weighted by Crippen LogP contribution is 2.50. The van der Waals surface area contributed by atoms with Crippen LogP contribution in [0.4, 0.5) is 0 Å². The topological polar surface area (TPSA) is 22.1 Å². The summed E-state index contributed by atoms with van der Waals surface area (Å²) in [6, 6.07) is 14.7. The predicted octanol–water partition coefficient (Wildman–Crippen LogP) is 6.90. The first kappa shape index (κ1) is 19.9. The Balaban J connectivity index is 1.39. The van der Waals surface area contributed by atoms with Gasteiger partial charge in [0.2, 0.25) is 0 Å². The predicted molar refractivity (Wildman–Crippen MR) is 116 cm³/mol. The maximum atomic E-state index is 6.36. The van der Waals surface area contributed by atoms with E-state index in [1.807, 2.05) is 18.3 Å². The minimum Gasteiger partial charge on any atom is -0.375 e. The molecule has 150 valence electrons. The molecule has 1 spiro atoms. The molecule has 1 aromatic carbocycles. The lowest BCUT2D eigenvalue weighted by Gasteiger charge is -2.46. The van der Waals surface area contributed by atoms with Gasteiger partial charge < -0.3 is 4.74 Å². The normalized spacial score (nSPS) is 23.9. The summed E-state index contributed by atoms with van der Waals surface area (Å²) in [6.45, 7) is 0.888. The average Bonchev–Trinajstić information content (AvgIpc) is 3.16. The average molecular weight is 398 g/mol. The first-order valence-corrected chi connectivity index (χ1v) is 11.4. The Bertz CT molecular complexity index is 756. The molecule has 1 aliphatic heterocycles. The number of hydrogen-bond acceptors (Lipinski definition) is 2. The van der Waals surface area contributed by atoms with Crippen LogP contribution in [0.3, 0.4) is 0 Å². The number of benzene rings is 1. The van der Waals surface area contributed by atoms with Crippen LogP contribution < -0.4 is 0 Å². The third kappa shape index (κ3) is 4.60. The van der Waals surface area contributed by atoms with Crippen LogP contribution in [0, 0.1) is 0 Å². The molecule has 2 aromatic rings. The second-order valence-corrected chi connectivity index (χ2v) is 9.29. The zero-order chi connectivity index (χ0) is 19.3. The second kappa shape index (κ2) is 8.97. The molecule has 1 saturated heterocycles. The summed E-state index contributed by atoms with van der Waals surface area (Å²) in [5.41, 5.74) is 2.96. The summed E-state index contributed by atoms with van der Waals surface area (Å²) in [5, 5.41) is 0.843. The highest BCUT2D eigenvalue weighted by molar-refractivity contribution is 6.30. The molecule has 0 amide bonds. The van der Waals surface area contributed by atoms with Gasteiger partial charge in [-0.25, -0.2) is 0 Å². The van der Waals surface area contributed by atoms with E-state index >= 15 is 0 Å². The number of halogens is 1. The molecule has 1 aliphatic carbocycles. The number of aryl methyl sites for hydroxylation is 1. The molecule has 28 heavy (non-hydrogen) atoms. The maximum Gasteiger partial charge on any atom is 0.0691 e. The van der Waals surface area contributed by atoms with Crippen molar-refractivity contribution < 1.29 is 4.74 Å². The van der Waals surface area contributed by atoms with Crippen LogP contribution in [0.5, 0.6) is 0 Å². The summed E-state index contributed by atoms with van der Waals surface area (Å²) in [6.07, 6.45) is 15.4. The second-order valence-electron chi connectivity index (χ2n) is 8.85. The van der Waals surface area contributed by atoms with Crippen molar-refractivity contribution in [2.24, 2.45) is 0 Å². The largest absolute Gasteiger partial charge is 0.375 e. The van der Waals surface area contributed by atoms with Crippen molar-refractivity contribution in [3.63, 3.8) is 0 Å². The van der Waals surface area contributed by atoms with E-state index in [0.29, 0.717) is 0 Å². The van der Waals surface area contributed by atoms with E-state index < -0.39 is 0 Å². The summed E-state index contributed by atoms with van der Waals surface area (Å²) in [4.78, 5) is 4.82. The van der Waals surface area contributed by atoms with Gasteiger partial charge in [0.05, 0.1) is 5.60 Å². The summed E-state index contributed by atoms with van der Waals surface area (Å²) >= 11 is 6.11. The molecule has 4 rings (SSSR count). The lowest BCUT2D eigenvalue weighted by atomic mass is 9.67. The van der Waals surface area contributed by atoms with E-state index in [2.05, 4.69) is 30.3 Å². The molecule has 0 bridgehead atoms. The molecule has 3 heteroatoms. The van der Waals surface area contributed by atoms with E-state index in [1.165, 1.54) is 62.6 Å². The number of hydrogen-bond donors (Lipinski definition) is 0. The third-order valence-electron chi connectivity index (χ3n) is 6.88. The molecule has 2 fully saturated rings. The molecule has 0 N–H and O–H groups in total. The Morgan fingerprint density at radius 2 is 1.86 bits per heavy atom. The first-order chi connectivity index (χ1) is 13.7. The smallest absolute Gasteiger partial charge is 0.0691 e. The quantitative estimate of drug-likeness (QED) is 0.474. The van der Waals surface area contributed by atoms with Crippen LogP contribution >= 0.6 is 11.6 Å². The maximum absolute atomic E-state index is 6.36. The lowest BCUT2D eigenvalue weighted by Crippen LogP contribution is -2.46. The van der Waals surface area contributed by atoms with Gasteiger partial charge in [0.15, 0.2) is 0 Å². The van der Waals surface area contributed by atoms with Gasteiger partial charge >= 0.3 is 0 Å². The van der Waals surface area contributed by atoms with Crippen molar-refractivity contribution in [2.45, 2.75) is 81.6 Å². The highest BCUT2D eigenvalue weighted by Gasteiger charge is 2.48. The van der Waals surface area contributed by atoms with Crippen molar-refractivity contribution in [1.82, 2.24) is 4.98 Å². The fraction of sp³-hybridized carbons (Fsp3) is 0.560. The molecule has 2 aliphatic rings. The number of ether oxygens (including phenoxy) is 1. The third-order valence-corrected chi connectivity index (χ3v) is 7.12. The van der Waals surface area contributed by atoms with Crippen molar-refractivity contribution in [2.75, 3.05) is 6.61 Å². The van der Waals surface area contributed by atoms with Gasteiger partial charge in [0.1, 0.15) is 0 Å². The van der Waals surface area contributed by atoms with Crippen LogP contribution in [0.1, 0.15) is 75.5 Å². The minimum absolute atomic E-state index is 0.122. The zero-order valence-corrected chi connectivity index (χ0v) is 17.6. The number of aromatic nitrogens is 1. The van der Waals surface area contributed by atoms with E-state index in [4.69, 9.17) is 21.3 Å². The van der Waals surface area contributed by atoms with E-state index in [1.54, 1.807) is 0 Å². The summed E-state index contributed by atoms with van der Waals surface area (Å²) in [7, 11) is 0. The molecule has 2 heterocycles. The molecule has 1 aromatic heterocycles. The Labute approximate surface area is 174 Å². The van der Waals surface area contributed by atoms with Crippen LogP contribution in [-0.4, -0.2) is 17.2 Å². The molecule has 0 unspecified atom stereocenters. The minimum atomic E-state index is 0.122. The van der Waals surface area contributed by atoms with E-state index in [9.17, 15) is 0 Å². The fourth-order valence-electron chi connectivity index (χ4n) is 5.46. The van der Waals surface area contributed by atoms with Gasteiger partial charge in [-0.05, 0) is 74.8 Å². The molecular formula is C25H32ClNO. The van der Waals surface area contributed by atoms with Gasteiger partial charge in [-0.1, -0.05) is 55.5 Å². The number of rotatable bonds is 7. The zero-order valence-electron chi connectivity index (χ0n) is 16.8. The van der Waals surface area contributed by atoms with Gasteiger partial charge in [-0.3, -0.25) is 4.98 Å². The standard InChI is InChI=1S/C25H32ClNO/c26-22-11-8-10-21(19-22)9-2-1-4-13-24(23-12-3-7-17-27-23)16-18-28-25(20-24)14-5-6-15-25/h3,7-8,10-12,17,19H,1-2,4-6,9,13-16,18,20H2/t24-/m1/s1.